The highest BCUT2D eigenvalue weighted by Gasteiger charge is 2.51. The van der Waals surface area contributed by atoms with Gasteiger partial charge >= 0.3 is 7.12 Å². The van der Waals surface area contributed by atoms with Crippen molar-refractivity contribution in [1.82, 2.24) is 24.9 Å². The van der Waals surface area contributed by atoms with Gasteiger partial charge in [0, 0.05) is 59.1 Å². The molecule has 5 aromatic heterocycles. The van der Waals surface area contributed by atoms with E-state index in [0.29, 0.717) is 10.3 Å². The molecule has 7 nitrogen and oxygen atoms in total. The maximum absolute atomic E-state index is 6.06. The van der Waals surface area contributed by atoms with Crippen molar-refractivity contribution in [3.63, 3.8) is 0 Å². The van der Waals surface area contributed by atoms with E-state index in [0.717, 1.165) is 77.5 Å². The molecule has 1 fully saturated rings. The maximum Gasteiger partial charge on any atom is 0.494 e. The molecule has 0 atom stereocenters. The monoisotopic (exact) mass is 913 g/mol. The molecule has 6 heterocycles. The number of hydrogen-bond acceptors (Lipinski definition) is 7. The van der Waals surface area contributed by atoms with Crippen molar-refractivity contribution >= 4 is 57.3 Å². The Bertz CT molecular complexity index is 3240. The molecule has 1 aliphatic rings. The lowest BCUT2D eigenvalue weighted by Gasteiger charge is -2.32. The van der Waals surface area contributed by atoms with E-state index in [-0.39, 0.29) is 18.3 Å². The van der Waals surface area contributed by atoms with Crippen LogP contribution in [0.25, 0.3) is 77.4 Å². The summed E-state index contributed by atoms with van der Waals surface area (Å²) in [6.07, 6.45) is 11.0. The zero-order valence-electron chi connectivity index (χ0n) is 37.5. The van der Waals surface area contributed by atoms with Crippen molar-refractivity contribution in [1.29, 1.82) is 0 Å². The molecule has 0 unspecified atom stereocenters. The van der Waals surface area contributed by atoms with Crippen molar-refractivity contribution in [2.75, 3.05) is 0 Å². The average molecular weight is 915 g/mol. The van der Waals surface area contributed by atoms with Crippen molar-refractivity contribution in [2.45, 2.75) is 38.9 Å². The fourth-order valence-electron chi connectivity index (χ4n) is 7.76. The summed E-state index contributed by atoms with van der Waals surface area (Å²) in [6.45, 7) is 8.27. The van der Waals surface area contributed by atoms with Gasteiger partial charge in [0.25, 0.3) is 0 Å². The Morgan fingerprint density at radius 2 is 0.851 bits per heavy atom. The normalized spacial score (nSPS) is 13.6. The zero-order valence-corrected chi connectivity index (χ0v) is 39.0. The van der Waals surface area contributed by atoms with Crippen molar-refractivity contribution in [3.8, 4) is 55.9 Å². The zero-order chi connectivity index (χ0) is 46.4. The van der Waals surface area contributed by atoms with Gasteiger partial charge in [0.1, 0.15) is 10.3 Å². The van der Waals surface area contributed by atoms with Gasteiger partial charge in [-0.15, -0.1) is 0 Å². The minimum Gasteiger partial charge on any atom is -0.399 e. The highest BCUT2D eigenvalue weighted by atomic mass is 35.5. The quantitative estimate of drug-likeness (QED) is 0.121. The lowest BCUT2D eigenvalue weighted by atomic mass is 9.78. The lowest BCUT2D eigenvalue weighted by molar-refractivity contribution is 0.00578. The number of hydrogen-bond donors (Lipinski definition) is 0. The molecule has 1 saturated heterocycles. The van der Waals surface area contributed by atoms with Crippen molar-refractivity contribution in [3.05, 3.63) is 217 Å². The Hall–Kier alpha value is -7.07. The first-order valence-corrected chi connectivity index (χ1v) is 22.8. The van der Waals surface area contributed by atoms with Crippen LogP contribution in [0.4, 0.5) is 0 Å². The molecule has 11 rings (SSSR count). The Labute approximate surface area is 401 Å². The van der Waals surface area contributed by atoms with Crippen LogP contribution in [0.5, 0.6) is 0 Å². The second-order valence-corrected chi connectivity index (χ2v) is 17.9. The minimum atomic E-state index is -0.307. The van der Waals surface area contributed by atoms with Crippen molar-refractivity contribution in [2.24, 2.45) is 0 Å². The second kappa shape index (κ2) is 19.8. The lowest BCUT2D eigenvalue weighted by Crippen LogP contribution is -2.41. The summed E-state index contributed by atoms with van der Waals surface area (Å²) in [6, 6.07) is 57.6. The molecular formula is C57H46BCl2N5O2. The predicted octanol–water partition coefficient (Wildman–Crippen LogP) is 14.3. The molecule has 0 spiro atoms. The number of rotatable bonds is 6. The van der Waals surface area contributed by atoms with Gasteiger partial charge in [-0.3, -0.25) is 15.0 Å². The fourth-order valence-corrected chi connectivity index (χ4v) is 8.27. The molecule has 0 aliphatic carbocycles. The third-order valence-corrected chi connectivity index (χ3v) is 12.6. The first-order chi connectivity index (χ1) is 32.5. The Balaban J connectivity index is 0.000000144. The van der Waals surface area contributed by atoms with Crippen LogP contribution in [-0.4, -0.2) is 43.2 Å². The topological polar surface area (TPSA) is 82.9 Å². The van der Waals surface area contributed by atoms with E-state index in [4.69, 9.17) is 37.5 Å². The van der Waals surface area contributed by atoms with E-state index >= 15 is 0 Å². The largest absolute Gasteiger partial charge is 0.494 e. The highest BCUT2D eigenvalue weighted by Crippen LogP contribution is 2.37. The molecule has 328 valence electrons. The summed E-state index contributed by atoms with van der Waals surface area (Å²) in [5.41, 5.74) is 11.3. The molecule has 1 aliphatic heterocycles. The summed E-state index contributed by atoms with van der Waals surface area (Å²) in [5.74, 6) is 0. The summed E-state index contributed by atoms with van der Waals surface area (Å²) < 4.78 is 12.1. The van der Waals surface area contributed by atoms with E-state index in [1.165, 1.54) is 5.39 Å². The van der Waals surface area contributed by atoms with Crippen LogP contribution in [0.2, 0.25) is 10.3 Å². The molecule has 0 saturated carbocycles. The molecule has 10 aromatic rings. The van der Waals surface area contributed by atoms with Crippen LogP contribution >= 0.6 is 23.2 Å². The van der Waals surface area contributed by atoms with E-state index in [1.54, 1.807) is 24.7 Å². The maximum atomic E-state index is 6.06. The van der Waals surface area contributed by atoms with E-state index < -0.39 is 0 Å². The second-order valence-electron chi connectivity index (χ2n) is 17.1. The van der Waals surface area contributed by atoms with Gasteiger partial charge in [0.05, 0.1) is 22.6 Å². The van der Waals surface area contributed by atoms with Gasteiger partial charge in [-0.2, -0.15) is 0 Å². The number of nitrogens with zero attached hydrogens (tertiary/aromatic N) is 5. The summed E-state index contributed by atoms with van der Waals surface area (Å²) in [4.78, 5) is 21.7. The number of halogens is 2. The standard InChI is InChI=1S/C31H21N3.C17H20BNO2.C9H5Cl2N/c1-2-8-29-26(5-1)19-30(24-13-9-22(10-14-24)27-6-3-17-32-20-27)34-31(29)25-15-11-23(12-16-25)28-7-4-18-33-21-28;1-16(2)17(3,4)21-18(20-16)15-9-7-13(8-10-15)14-6-5-11-19-12-14;10-8-5-6-3-1-2-4-7(6)9(11)12-8/h1-21H;5-12H,1-4H3;1-5H. The third kappa shape index (κ3) is 10.3. The number of benzene rings is 5. The predicted molar refractivity (Wildman–Crippen MR) is 276 cm³/mol. The highest BCUT2D eigenvalue weighted by molar-refractivity contribution is 6.62. The Morgan fingerprint density at radius 3 is 1.34 bits per heavy atom. The molecular weight excluding hydrogens is 868 g/mol. The SMILES string of the molecule is CC1(C)OB(c2ccc(-c3cccnc3)cc2)OC1(C)C.Clc1cc2ccccc2c(Cl)n1.c1cncc(-c2ccc(-c3cc4ccccc4c(-c4ccc(-c5cccnc5)cc4)n3)cc2)c1. The summed E-state index contributed by atoms with van der Waals surface area (Å²) in [5, 5.41) is 5.16. The first-order valence-electron chi connectivity index (χ1n) is 22.0. The van der Waals surface area contributed by atoms with Gasteiger partial charge in [-0.25, -0.2) is 9.97 Å². The minimum absolute atomic E-state index is 0.306. The molecule has 67 heavy (non-hydrogen) atoms. The van der Waals surface area contributed by atoms with Crippen LogP contribution in [0, 0.1) is 0 Å². The number of pyridine rings is 5. The van der Waals surface area contributed by atoms with E-state index in [1.807, 2.05) is 61.1 Å². The smallest absolute Gasteiger partial charge is 0.399 e. The molecule has 0 radical (unpaired) electrons. The molecule has 0 bridgehead atoms. The first kappa shape index (κ1) is 45.1. The van der Waals surface area contributed by atoms with Crippen LogP contribution in [0.1, 0.15) is 27.7 Å². The van der Waals surface area contributed by atoms with Crippen LogP contribution < -0.4 is 5.46 Å². The summed E-state index contributed by atoms with van der Waals surface area (Å²) in [7, 11) is -0.307. The fraction of sp³-hybridized carbons (Fsp3) is 0.105. The van der Waals surface area contributed by atoms with Gasteiger partial charge in [0.15, 0.2) is 0 Å². The van der Waals surface area contributed by atoms with Gasteiger partial charge in [0.2, 0.25) is 0 Å². The van der Waals surface area contributed by atoms with Gasteiger partial charge in [-0.05, 0) is 108 Å². The van der Waals surface area contributed by atoms with Crippen LogP contribution in [0.3, 0.4) is 0 Å². The molecule has 0 amide bonds. The number of fused-ring (bicyclic) bond motifs is 2. The average Bonchev–Trinajstić information content (AvgIpc) is 3.60. The van der Waals surface area contributed by atoms with E-state index in [9.17, 15) is 0 Å². The van der Waals surface area contributed by atoms with Crippen LogP contribution in [0.15, 0.2) is 207 Å². The molecule has 5 aromatic carbocycles. The van der Waals surface area contributed by atoms with E-state index in [2.05, 4.69) is 169 Å². The van der Waals surface area contributed by atoms with Gasteiger partial charge in [-0.1, -0.05) is 163 Å². The molecule has 10 heteroatoms. The Kier molecular flexibility index (Phi) is 13.3. The Morgan fingerprint density at radius 1 is 0.418 bits per heavy atom. The van der Waals surface area contributed by atoms with Crippen molar-refractivity contribution < 1.29 is 9.31 Å². The summed E-state index contributed by atoms with van der Waals surface area (Å²) >= 11 is 11.6. The van der Waals surface area contributed by atoms with Gasteiger partial charge < -0.3 is 9.31 Å². The molecule has 0 N–H and O–H groups in total. The third-order valence-electron chi connectivity index (χ3n) is 12.2. The van der Waals surface area contributed by atoms with Crippen LogP contribution in [-0.2, 0) is 9.31 Å². The number of aromatic nitrogens is 5.